The first-order valence-corrected chi connectivity index (χ1v) is 6.09. The number of rotatable bonds is 3. The monoisotopic (exact) mass is 224 g/mol. The third-order valence-electron chi connectivity index (χ3n) is 2.68. The third kappa shape index (κ3) is 2.39. The van der Waals surface area contributed by atoms with Crippen LogP contribution >= 0.6 is 0 Å². The summed E-state index contributed by atoms with van der Waals surface area (Å²) >= 11 is 0. The molecule has 0 spiro atoms. The first-order chi connectivity index (χ1) is 7.29. The van der Waals surface area contributed by atoms with E-state index in [1.54, 1.807) is 4.68 Å². The maximum absolute atomic E-state index is 10.2. The summed E-state index contributed by atoms with van der Waals surface area (Å²) in [7, 11) is 0. The van der Waals surface area contributed by atoms with Crippen molar-refractivity contribution in [2.24, 2.45) is 0 Å². The fourth-order valence-electron chi connectivity index (χ4n) is 1.96. The van der Waals surface area contributed by atoms with Crippen molar-refractivity contribution in [2.45, 2.75) is 65.8 Å². The van der Waals surface area contributed by atoms with Crippen LogP contribution in [0.1, 0.15) is 65.1 Å². The van der Waals surface area contributed by atoms with Gasteiger partial charge in [-0.05, 0) is 17.8 Å². The van der Waals surface area contributed by atoms with Gasteiger partial charge in [-0.25, -0.2) is 4.68 Å². The molecule has 0 aliphatic carbocycles. The van der Waals surface area contributed by atoms with Gasteiger partial charge in [0.25, 0.3) is 0 Å². The Bertz CT molecular complexity index is 359. The Morgan fingerprint density at radius 2 is 1.88 bits per heavy atom. The van der Waals surface area contributed by atoms with Crippen LogP contribution in [0.4, 0.5) is 0 Å². The summed E-state index contributed by atoms with van der Waals surface area (Å²) < 4.78 is 1.73. The number of aromatic hydroxyl groups is 1. The lowest BCUT2D eigenvalue weighted by Crippen LogP contribution is -2.13. The SMILES string of the molecule is CCCn1nc(C(C)C)c(C(C)(C)C)c1O. The molecule has 0 radical (unpaired) electrons. The second kappa shape index (κ2) is 4.48. The lowest BCUT2D eigenvalue weighted by atomic mass is 9.84. The van der Waals surface area contributed by atoms with E-state index in [0.717, 1.165) is 24.2 Å². The Balaban J connectivity index is 3.32. The Morgan fingerprint density at radius 1 is 1.31 bits per heavy atom. The lowest BCUT2D eigenvalue weighted by molar-refractivity contribution is 0.383. The van der Waals surface area contributed by atoms with Gasteiger partial charge < -0.3 is 5.11 Å². The molecule has 0 saturated carbocycles. The molecule has 3 nitrogen and oxygen atoms in total. The van der Waals surface area contributed by atoms with Gasteiger partial charge in [-0.3, -0.25) is 0 Å². The minimum absolute atomic E-state index is 0.0598. The summed E-state index contributed by atoms with van der Waals surface area (Å²) in [5, 5.41) is 14.8. The van der Waals surface area contributed by atoms with Gasteiger partial charge in [0.05, 0.1) is 5.69 Å². The topological polar surface area (TPSA) is 38.0 Å². The molecule has 1 N–H and O–H groups in total. The van der Waals surface area contributed by atoms with Gasteiger partial charge in [0.2, 0.25) is 5.88 Å². The molecule has 1 heterocycles. The standard InChI is InChI=1S/C13H24N2O/c1-7-8-15-12(16)10(13(4,5)6)11(14-15)9(2)3/h9,16H,7-8H2,1-6H3. The molecule has 1 aromatic heterocycles. The zero-order valence-corrected chi connectivity index (χ0v) is 11.3. The van der Waals surface area contributed by atoms with Crippen LogP contribution in [0.5, 0.6) is 5.88 Å². The highest BCUT2D eigenvalue weighted by atomic mass is 16.3. The molecule has 1 rings (SSSR count). The number of nitrogens with zero attached hydrogens (tertiary/aromatic N) is 2. The molecule has 0 aliphatic rings. The zero-order chi connectivity index (χ0) is 12.5. The van der Waals surface area contributed by atoms with E-state index in [1.807, 2.05) is 0 Å². The van der Waals surface area contributed by atoms with Gasteiger partial charge in [0.15, 0.2) is 0 Å². The van der Waals surface area contributed by atoms with Crippen molar-refractivity contribution in [2.75, 3.05) is 0 Å². The molecule has 0 atom stereocenters. The van der Waals surface area contributed by atoms with Crippen LogP contribution in [0.2, 0.25) is 0 Å². The third-order valence-corrected chi connectivity index (χ3v) is 2.68. The molecule has 0 fully saturated rings. The van der Waals surface area contributed by atoms with Crippen LogP contribution in [0.15, 0.2) is 0 Å². The normalized spacial score (nSPS) is 12.4. The average Bonchev–Trinajstić information content (AvgIpc) is 2.43. The molecule has 0 unspecified atom stereocenters. The van der Waals surface area contributed by atoms with Gasteiger partial charge in [-0.1, -0.05) is 41.5 Å². The fraction of sp³-hybridized carbons (Fsp3) is 0.769. The van der Waals surface area contributed by atoms with Gasteiger partial charge in [0, 0.05) is 12.1 Å². The average molecular weight is 224 g/mol. The van der Waals surface area contributed by atoms with Crippen LogP contribution in [0.25, 0.3) is 0 Å². The first-order valence-electron chi connectivity index (χ1n) is 6.09. The van der Waals surface area contributed by atoms with Gasteiger partial charge >= 0.3 is 0 Å². The van der Waals surface area contributed by atoms with Gasteiger partial charge in [-0.15, -0.1) is 0 Å². The number of hydrogen-bond acceptors (Lipinski definition) is 2. The van der Waals surface area contributed by atoms with Crippen LogP contribution in [-0.4, -0.2) is 14.9 Å². The predicted molar refractivity (Wildman–Crippen MR) is 67.0 cm³/mol. The van der Waals surface area contributed by atoms with Crippen molar-refractivity contribution in [1.82, 2.24) is 9.78 Å². The summed E-state index contributed by atoms with van der Waals surface area (Å²) in [6.45, 7) is 13.5. The Morgan fingerprint density at radius 3 is 2.19 bits per heavy atom. The largest absolute Gasteiger partial charge is 0.493 e. The van der Waals surface area contributed by atoms with Crippen LogP contribution in [0.3, 0.4) is 0 Å². The molecule has 0 saturated heterocycles. The predicted octanol–water partition coefficient (Wildman–Crippen LogP) is 3.42. The van der Waals surface area contributed by atoms with Crippen LogP contribution in [-0.2, 0) is 12.0 Å². The van der Waals surface area contributed by atoms with Crippen LogP contribution < -0.4 is 0 Å². The summed E-state index contributed by atoms with van der Waals surface area (Å²) in [6, 6.07) is 0. The molecule has 3 heteroatoms. The van der Waals surface area contributed by atoms with Crippen molar-refractivity contribution >= 4 is 0 Å². The summed E-state index contributed by atoms with van der Waals surface area (Å²) in [4.78, 5) is 0. The minimum Gasteiger partial charge on any atom is -0.493 e. The quantitative estimate of drug-likeness (QED) is 0.854. The van der Waals surface area contributed by atoms with Gasteiger partial charge in [0.1, 0.15) is 0 Å². The Labute approximate surface area is 98.5 Å². The van der Waals surface area contributed by atoms with E-state index in [0.29, 0.717) is 11.8 Å². The molecule has 92 valence electrons. The van der Waals surface area contributed by atoms with Crippen molar-refractivity contribution in [3.05, 3.63) is 11.3 Å². The molecule has 1 aromatic rings. The maximum atomic E-state index is 10.2. The summed E-state index contributed by atoms with van der Waals surface area (Å²) in [6.07, 6.45) is 0.982. The molecule has 0 amide bonds. The Kier molecular flexibility index (Phi) is 3.66. The smallest absolute Gasteiger partial charge is 0.213 e. The summed E-state index contributed by atoms with van der Waals surface area (Å²) in [5.41, 5.74) is 1.96. The maximum Gasteiger partial charge on any atom is 0.213 e. The number of aryl methyl sites for hydroxylation is 1. The number of aromatic nitrogens is 2. The Hall–Kier alpha value is -0.990. The zero-order valence-electron chi connectivity index (χ0n) is 11.3. The molecule has 16 heavy (non-hydrogen) atoms. The van der Waals surface area contributed by atoms with Crippen molar-refractivity contribution < 1.29 is 5.11 Å². The second-order valence-corrected chi connectivity index (χ2v) is 5.71. The van der Waals surface area contributed by atoms with Crippen LogP contribution in [0, 0.1) is 0 Å². The fourth-order valence-corrected chi connectivity index (χ4v) is 1.96. The highest BCUT2D eigenvalue weighted by molar-refractivity contribution is 5.38. The van der Waals surface area contributed by atoms with E-state index < -0.39 is 0 Å². The van der Waals surface area contributed by atoms with E-state index in [9.17, 15) is 5.11 Å². The summed E-state index contributed by atoms with van der Waals surface area (Å²) in [5.74, 6) is 0.691. The first kappa shape index (κ1) is 13.1. The molecule has 0 bridgehead atoms. The van der Waals surface area contributed by atoms with Crippen molar-refractivity contribution in [3.63, 3.8) is 0 Å². The van der Waals surface area contributed by atoms with E-state index >= 15 is 0 Å². The molecule has 0 aliphatic heterocycles. The van der Waals surface area contributed by atoms with E-state index in [1.165, 1.54) is 0 Å². The van der Waals surface area contributed by atoms with E-state index in [-0.39, 0.29) is 5.41 Å². The highest BCUT2D eigenvalue weighted by Crippen LogP contribution is 2.36. The minimum atomic E-state index is -0.0598. The van der Waals surface area contributed by atoms with Crippen molar-refractivity contribution in [3.8, 4) is 5.88 Å². The number of hydrogen-bond donors (Lipinski definition) is 1. The lowest BCUT2D eigenvalue weighted by Gasteiger charge is -2.20. The second-order valence-electron chi connectivity index (χ2n) is 5.71. The molecular formula is C13H24N2O. The van der Waals surface area contributed by atoms with E-state index in [4.69, 9.17) is 0 Å². The highest BCUT2D eigenvalue weighted by Gasteiger charge is 2.28. The van der Waals surface area contributed by atoms with Crippen molar-refractivity contribution in [1.29, 1.82) is 0 Å². The van der Waals surface area contributed by atoms with E-state index in [2.05, 4.69) is 46.6 Å². The van der Waals surface area contributed by atoms with Gasteiger partial charge in [-0.2, -0.15) is 5.10 Å². The molecular weight excluding hydrogens is 200 g/mol. The molecule has 0 aromatic carbocycles.